The topological polar surface area (TPSA) is 82.5 Å². The number of carbonyl (C=O) groups excluding carboxylic acids is 1. The van der Waals surface area contributed by atoms with E-state index in [0.717, 1.165) is 0 Å². The van der Waals surface area contributed by atoms with Gasteiger partial charge in [-0.25, -0.2) is 9.59 Å². The summed E-state index contributed by atoms with van der Waals surface area (Å²) >= 11 is 0. The van der Waals surface area contributed by atoms with Crippen LogP contribution in [0.4, 0.5) is 10.5 Å². The summed E-state index contributed by atoms with van der Waals surface area (Å²) in [6.07, 6.45) is 3.13. The maximum Gasteiger partial charge on any atom is 0.326 e. The van der Waals surface area contributed by atoms with Gasteiger partial charge in [0, 0.05) is 13.2 Å². The van der Waals surface area contributed by atoms with Crippen molar-refractivity contribution in [1.82, 2.24) is 10.3 Å². The number of rotatable bonds is 4. The molecular weight excluding hydrogens is 234 g/mol. The number of nitrogens with zero attached hydrogens (tertiary/aromatic N) is 2. The normalized spacial score (nSPS) is 12.0. The second kappa shape index (κ2) is 6.00. The summed E-state index contributed by atoms with van der Waals surface area (Å²) in [5, 5.41) is 11.5. The van der Waals surface area contributed by atoms with E-state index in [9.17, 15) is 9.59 Å². The predicted octanol–water partition coefficient (Wildman–Crippen LogP) is 1.34. The highest BCUT2D eigenvalue weighted by Gasteiger charge is 2.25. The molecule has 98 valence electrons. The van der Waals surface area contributed by atoms with Crippen molar-refractivity contribution in [3.63, 3.8) is 0 Å². The number of aromatic nitrogens is 1. The third-order valence-corrected chi connectivity index (χ3v) is 2.55. The van der Waals surface area contributed by atoms with E-state index in [4.69, 9.17) is 5.11 Å². The minimum Gasteiger partial charge on any atom is -0.480 e. The summed E-state index contributed by atoms with van der Waals surface area (Å²) in [7, 11) is 1.56. The summed E-state index contributed by atoms with van der Waals surface area (Å²) in [6.45, 7) is 3.48. The van der Waals surface area contributed by atoms with Gasteiger partial charge in [-0.05, 0) is 18.1 Å². The lowest BCUT2D eigenvalue weighted by Crippen LogP contribution is -2.49. The summed E-state index contributed by atoms with van der Waals surface area (Å²) in [6, 6.07) is 2.05. The molecule has 0 saturated heterocycles. The SMILES string of the molecule is CC(C)[C@@H](NC(=O)N(C)c1cccnc1)C(=O)O. The Labute approximate surface area is 106 Å². The van der Waals surface area contributed by atoms with Crippen molar-refractivity contribution in [2.24, 2.45) is 5.92 Å². The molecule has 1 aromatic heterocycles. The van der Waals surface area contributed by atoms with Gasteiger partial charge in [-0.3, -0.25) is 9.88 Å². The van der Waals surface area contributed by atoms with E-state index >= 15 is 0 Å². The van der Waals surface area contributed by atoms with E-state index in [1.54, 1.807) is 39.2 Å². The molecule has 6 nitrogen and oxygen atoms in total. The van der Waals surface area contributed by atoms with Crippen LogP contribution in [0.5, 0.6) is 0 Å². The molecule has 6 heteroatoms. The average Bonchev–Trinajstić information content (AvgIpc) is 2.35. The van der Waals surface area contributed by atoms with E-state index in [-0.39, 0.29) is 5.92 Å². The van der Waals surface area contributed by atoms with E-state index in [2.05, 4.69) is 10.3 Å². The van der Waals surface area contributed by atoms with Crippen LogP contribution >= 0.6 is 0 Å². The van der Waals surface area contributed by atoms with Gasteiger partial charge in [-0.2, -0.15) is 0 Å². The monoisotopic (exact) mass is 251 g/mol. The van der Waals surface area contributed by atoms with Gasteiger partial charge in [-0.15, -0.1) is 0 Å². The van der Waals surface area contributed by atoms with Crippen LogP contribution in [0.2, 0.25) is 0 Å². The van der Waals surface area contributed by atoms with Crippen molar-refractivity contribution < 1.29 is 14.7 Å². The Hall–Kier alpha value is -2.11. The molecule has 0 aliphatic rings. The molecule has 2 N–H and O–H groups in total. The predicted molar refractivity (Wildman–Crippen MR) is 67.4 cm³/mol. The van der Waals surface area contributed by atoms with Crippen LogP contribution in [0.25, 0.3) is 0 Å². The highest BCUT2D eigenvalue weighted by atomic mass is 16.4. The van der Waals surface area contributed by atoms with Crippen LogP contribution in [0.1, 0.15) is 13.8 Å². The zero-order valence-corrected chi connectivity index (χ0v) is 10.6. The van der Waals surface area contributed by atoms with Crippen LogP contribution in [0.15, 0.2) is 24.5 Å². The number of amides is 2. The summed E-state index contributed by atoms with van der Waals surface area (Å²) in [4.78, 5) is 28.1. The third kappa shape index (κ3) is 3.44. The summed E-state index contributed by atoms with van der Waals surface area (Å²) in [5.41, 5.74) is 0.600. The van der Waals surface area contributed by atoms with Gasteiger partial charge in [0.15, 0.2) is 0 Å². The molecule has 0 aromatic carbocycles. The molecule has 0 unspecified atom stereocenters. The fourth-order valence-corrected chi connectivity index (χ4v) is 1.41. The first-order valence-electron chi connectivity index (χ1n) is 5.60. The number of hydrogen-bond acceptors (Lipinski definition) is 3. The van der Waals surface area contributed by atoms with Crippen LogP contribution in [0, 0.1) is 5.92 Å². The molecule has 0 bridgehead atoms. The van der Waals surface area contributed by atoms with Gasteiger partial charge < -0.3 is 10.4 Å². The number of anilines is 1. The lowest BCUT2D eigenvalue weighted by Gasteiger charge is -2.23. The Kier molecular flexibility index (Phi) is 4.65. The molecule has 1 atom stereocenters. The van der Waals surface area contributed by atoms with Crippen LogP contribution in [-0.2, 0) is 4.79 Å². The lowest BCUT2D eigenvalue weighted by molar-refractivity contribution is -0.140. The number of aliphatic carboxylic acids is 1. The molecule has 1 aromatic rings. The number of carboxylic acid groups (broad SMARTS) is 1. The van der Waals surface area contributed by atoms with Gasteiger partial charge in [0.25, 0.3) is 0 Å². The van der Waals surface area contributed by atoms with Gasteiger partial charge >= 0.3 is 12.0 Å². The van der Waals surface area contributed by atoms with E-state index < -0.39 is 18.0 Å². The number of carboxylic acids is 1. The second-order valence-electron chi connectivity index (χ2n) is 4.28. The van der Waals surface area contributed by atoms with Gasteiger partial charge in [0.05, 0.1) is 11.9 Å². The highest BCUT2D eigenvalue weighted by Crippen LogP contribution is 2.10. The first kappa shape index (κ1) is 14.0. The van der Waals surface area contributed by atoms with Crippen molar-refractivity contribution >= 4 is 17.7 Å². The second-order valence-corrected chi connectivity index (χ2v) is 4.28. The van der Waals surface area contributed by atoms with Gasteiger partial charge in [-0.1, -0.05) is 13.8 Å². The quantitative estimate of drug-likeness (QED) is 0.845. The molecule has 0 aliphatic heterocycles. The van der Waals surface area contributed by atoms with Crippen LogP contribution in [0.3, 0.4) is 0 Å². The van der Waals surface area contributed by atoms with Crippen LogP contribution in [-0.4, -0.2) is 35.2 Å². The molecule has 1 rings (SSSR count). The first-order valence-corrected chi connectivity index (χ1v) is 5.60. The van der Waals surface area contributed by atoms with Crippen molar-refractivity contribution in [1.29, 1.82) is 0 Å². The third-order valence-electron chi connectivity index (χ3n) is 2.55. The molecule has 2 amide bonds. The minimum absolute atomic E-state index is 0.186. The van der Waals surface area contributed by atoms with E-state index in [1.807, 2.05) is 0 Å². The standard InChI is InChI=1S/C12H17N3O3/c1-8(2)10(11(16)17)14-12(18)15(3)9-5-4-6-13-7-9/h4-8,10H,1-3H3,(H,14,18)(H,16,17)/t10-/m1/s1. The lowest BCUT2D eigenvalue weighted by atomic mass is 10.1. The van der Waals surface area contributed by atoms with E-state index in [0.29, 0.717) is 5.69 Å². The van der Waals surface area contributed by atoms with Gasteiger partial charge in [0.2, 0.25) is 0 Å². The number of pyridine rings is 1. The molecule has 0 radical (unpaired) electrons. The summed E-state index contributed by atoms with van der Waals surface area (Å²) in [5.74, 6) is -1.23. The van der Waals surface area contributed by atoms with Crippen molar-refractivity contribution in [2.45, 2.75) is 19.9 Å². The Morgan fingerprint density at radius 3 is 2.56 bits per heavy atom. The zero-order valence-electron chi connectivity index (χ0n) is 10.6. The summed E-state index contributed by atoms with van der Waals surface area (Å²) < 4.78 is 0. The van der Waals surface area contributed by atoms with Gasteiger partial charge in [0.1, 0.15) is 6.04 Å². The Morgan fingerprint density at radius 2 is 2.11 bits per heavy atom. The maximum absolute atomic E-state index is 11.9. The molecule has 0 spiro atoms. The number of carbonyl (C=O) groups is 2. The number of urea groups is 1. The molecule has 18 heavy (non-hydrogen) atoms. The van der Waals surface area contributed by atoms with Crippen molar-refractivity contribution in [3.8, 4) is 0 Å². The maximum atomic E-state index is 11.9. The Morgan fingerprint density at radius 1 is 1.44 bits per heavy atom. The van der Waals surface area contributed by atoms with E-state index in [1.165, 1.54) is 11.1 Å². The highest BCUT2D eigenvalue weighted by molar-refractivity contribution is 5.93. The minimum atomic E-state index is -1.04. The molecule has 0 fully saturated rings. The fourth-order valence-electron chi connectivity index (χ4n) is 1.41. The van der Waals surface area contributed by atoms with Crippen molar-refractivity contribution in [2.75, 3.05) is 11.9 Å². The Balaban J connectivity index is 2.73. The molecule has 0 saturated carbocycles. The zero-order chi connectivity index (χ0) is 13.7. The average molecular weight is 251 g/mol. The largest absolute Gasteiger partial charge is 0.480 e. The number of nitrogens with one attached hydrogen (secondary N) is 1. The van der Waals surface area contributed by atoms with Crippen molar-refractivity contribution in [3.05, 3.63) is 24.5 Å². The smallest absolute Gasteiger partial charge is 0.326 e. The molecule has 0 aliphatic carbocycles. The molecular formula is C12H17N3O3. The first-order chi connectivity index (χ1) is 8.43. The molecule has 1 heterocycles. The Bertz CT molecular complexity index is 420. The number of hydrogen-bond donors (Lipinski definition) is 2. The fraction of sp³-hybridized carbons (Fsp3) is 0.417. The van der Waals surface area contributed by atoms with Crippen LogP contribution < -0.4 is 10.2 Å².